The smallest absolute Gasteiger partial charge is 0.241 e. The molecule has 0 saturated carbocycles. The van der Waals surface area contributed by atoms with Gasteiger partial charge in [0, 0.05) is 24.3 Å². The molecule has 2 N–H and O–H groups in total. The van der Waals surface area contributed by atoms with Gasteiger partial charge in [-0.3, -0.25) is 9.59 Å². The first-order valence-electron chi connectivity index (χ1n) is 9.18. The highest BCUT2D eigenvalue weighted by molar-refractivity contribution is 7.89. The molecular weight excluding hydrogens is 378 g/mol. The monoisotopic (exact) mass is 401 g/mol. The molecule has 2 aromatic rings. The molecule has 0 radical (unpaired) electrons. The maximum atomic E-state index is 12.4. The standard InChI is InChI=1S/C20H23N3O4S/c1-2-15-5-7-16(8-6-15)22-19(24)14-21-28(26,27)18-11-9-17(10-12-18)23-13-3-4-20(23)25/h5-12,21H,2-4,13-14H2,1H3,(H,22,24). The predicted molar refractivity (Wildman–Crippen MR) is 108 cm³/mol. The third kappa shape index (κ3) is 4.76. The van der Waals surface area contributed by atoms with Crippen LogP contribution in [0.1, 0.15) is 25.3 Å². The molecule has 2 aromatic carbocycles. The Balaban J connectivity index is 1.58. The number of carbonyl (C=O) groups excluding carboxylic acids is 2. The third-order valence-corrected chi connectivity index (χ3v) is 6.02. The molecule has 0 spiro atoms. The summed E-state index contributed by atoms with van der Waals surface area (Å²) >= 11 is 0. The fourth-order valence-corrected chi connectivity index (χ4v) is 3.98. The van der Waals surface area contributed by atoms with Crippen molar-refractivity contribution in [1.29, 1.82) is 0 Å². The van der Waals surface area contributed by atoms with Gasteiger partial charge < -0.3 is 10.2 Å². The minimum Gasteiger partial charge on any atom is -0.325 e. The van der Waals surface area contributed by atoms with Crippen LogP contribution in [0.15, 0.2) is 53.4 Å². The van der Waals surface area contributed by atoms with Gasteiger partial charge in [0.1, 0.15) is 0 Å². The Hall–Kier alpha value is -2.71. The normalized spacial score (nSPS) is 14.3. The molecule has 0 aromatic heterocycles. The summed E-state index contributed by atoms with van der Waals surface area (Å²) < 4.78 is 27.1. The Morgan fingerprint density at radius 3 is 2.32 bits per heavy atom. The van der Waals surface area contributed by atoms with E-state index in [2.05, 4.69) is 10.0 Å². The number of amides is 2. The number of benzene rings is 2. The molecule has 0 aliphatic carbocycles. The zero-order chi connectivity index (χ0) is 20.1. The molecule has 8 heteroatoms. The number of anilines is 2. The lowest BCUT2D eigenvalue weighted by Crippen LogP contribution is -2.33. The van der Waals surface area contributed by atoms with E-state index in [1.54, 1.807) is 29.2 Å². The number of hydrogen-bond donors (Lipinski definition) is 2. The van der Waals surface area contributed by atoms with E-state index in [1.165, 1.54) is 12.1 Å². The van der Waals surface area contributed by atoms with Crippen molar-refractivity contribution in [3.05, 3.63) is 54.1 Å². The average Bonchev–Trinajstić information content (AvgIpc) is 3.13. The van der Waals surface area contributed by atoms with E-state index < -0.39 is 15.9 Å². The summed E-state index contributed by atoms with van der Waals surface area (Å²) in [6.07, 6.45) is 2.22. The Labute approximate surface area is 164 Å². The molecule has 2 amide bonds. The molecule has 0 unspecified atom stereocenters. The van der Waals surface area contributed by atoms with Gasteiger partial charge in [0.25, 0.3) is 0 Å². The molecule has 3 rings (SSSR count). The molecule has 1 aliphatic rings. The van der Waals surface area contributed by atoms with Crippen LogP contribution in [0, 0.1) is 0 Å². The lowest BCUT2D eigenvalue weighted by Gasteiger charge is -2.16. The van der Waals surface area contributed by atoms with Crippen molar-refractivity contribution in [2.75, 3.05) is 23.3 Å². The Bertz CT molecular complexity index is 954. The predicted octanol–water partition coefficient (Wildman–Crippen LogP) is 2.29. The lowest BCUT2D eigenvalue weighted by atomic mass is 10.1. The van der Waals surface area contributed by atoms with E-state index in [0.29, 0.717) is 24.3 Å². The van der Waals surface area contributed by atoms with Gasteiger partial charge in [0.2, 0.25) is 21.8 Å². The molecule has 1 heterocycles. The summed E-state index contributed by atoms with van der Waals surface area (Å²) in [6, 6.07) is 13.5. The second kappa shape index (κ2) is 8.53. The molecule has 148 valence electrons. The van der Waals surface area contributed by atoms with Crippen LogP contribution >= 0.6 is 0 Å². The van der Waals surface area contributed by atoms with Crippen LogP contribution < -0.4 is 14.9 Å². The highest BCUT2D eigenvalue weighted by Crippen LogP contribution is 2.22. The van der Waals surface area contributed by atoms with Gasteiger partial charge in [-0.1, -0.05) is 19.1 Å². The minimum absolute atomic E-state index is 0.0392. The van der Waals surface area contributed by atoms with Crippen molar-refractivity contribution < 1.29 is 18.0 Å². The van der Waals surface area contributed by atoms with Crippen molar-refractivity contribution in [3.63, 3.8) is 0 Å². The number of nitrogens with zero attached hydrogens (tertiary/aromatic N) is 1. The van der Waals surface area contributed by atoms with Gasteiger partial charge in [-0.2, -0.15) is 0 Å². The Morgan fingerprint density at radius 2 is 1.75 bits per heavy atom. The van der Waals surface area contributed by atoms with Crippen molar-refractivity contribution in [2.24, 2.45) is 0 Å². The molecule has 7 nitrogen and oxygen atoms in total. The SMILES string of the molecule is CCc1ccc(NC(=O)CNS(=O)(=O)c2ccc(N3CCCC3=O)cc2)cc1. The van der Waals surface area contributed by atoms with E-state index >= 15 is 0 Å². The van der Waals surface area contributed by atoms with Gasteiger partial charge in [-0.15, -0.1) is 0 Å². The van der Waals surface area contributed by atoms with E-state index in [0.717, 1.165) is 18.4 Å². The van der Waals surface area contributed by atoms with Crippen LogP contribution in [0.25, 0.3) is 0 Å². The number of hydrogen-bond acceptors (Lipinski definition) is 4. The number of nitrogens with one attached hydrogen (secondary N) is 2. The van der Waals surface area contributed by atoms with Gasteiger partial charge in [-0.25, -0.2) is 13.1 Å². The van der Waals surface area contributed by atoms with E-state index in [4.69, 9.17) is 0 Å². The first-order chi connectivity index (χ1) is 13.4. The lowest BCUT2D eigenvalue weighted by molar-refractivity contribution is -0.117. The van der Waals surface area contributed by atoms with Gasteiger partial charge in [0.05, 0.1) is 11.4 Å². The molecule has 0 atom stereocenters. The fraction of sp³-hybridized carbons (Fsp3) is 0.300. The van der Waals surface area contributed by atoms with Crippen molar-refractivity contribution >= 4 is 33.2 Å². The van der Waals surface area contributed by atoms with Crippen LogP contribution in [0.3, 0.4) is 0 Å². The number of sulfonamides is 1. The average molecular weight is 401 g/mol. The summed E-state index contributed by atoms with van der Waals surface area (Å²) in [5, 5.41) is 2.66. The molecular formula is C20H23N3O4S. The van der Waals surface area contributed by atoms with Gasteiger partial charge in [-0.05, 0) is 54.8 Å². The summed E-state index contributed by atoms with van der Waals surface area (Å²) in [5.41, 5.74) is 2.44. The fourth-order valence-electron chi connectivity index (χ4n) is 3.00. The Kier molecular flexibility index (Phi) is 6.11. The molecule has 1 saturated heterocycles. The topological polar surface area (TPSA) is 95.6 Å². The molecule has 1 aliphatic heterocycles. The Morgan fingerprint density at radius 1 is 1.07 bits per heavy atom. The van der Waals surface area contributed by atoms with Crippen LogP contribution in [0.4, 0.5) is 11.4 Å². The largest absolute Gasteiger partial charge is 0.325 e. The second-order valence-electron chi connectivity index (χ2n) is 6.57. The van der Waals surface area contributed by atoms with Crippen molar-refractivity contribution in [3.8, 4) is 0 Å². The summed E-state index contributed by atoms with van der Waals surface area (Å²) in [4.78, 5) is 25.5. The third-order valence-electron chi connectivity index (χ3n) is 4.60. The summed E-state index contributed by atoms with van der Waals surface area (Å²) in [7, 11) is -3.83. The van der Waals surface area contributed by atoms with Gasteiger partial charge >= 0.3 is 0 Å². The van der Waals surface area contributed by atoms with E-state index in [1.807, 2.05) is 19.1 Å². The maximum absolute atomic E-state index is 12.4. The highest BCUT2D eigenvalue weighted by atomic mass is 32.2. The highest BCUT2D eigenvalue weighted by Gasteiger charge is 2.22. The number of rotatable bonds is 7. The molecule has 0 bridgehead atoms. The van der Waals surface area contributed by atoms with Gasteiger partial charge in [0.15, 0.2) is 0 Å². The van der Waals surface area contributed by atoms with E-state index in [-0.39, 0.29) is 17.3 Å². The van der Waals surface area contributed by atoms with Crippen LogP contribution in [-0.4, -0.2) is 33.3 Å². The zero-order valence-electron chi connectivity index (χ0n) is 15.6. The van der Waals surface area contributed by atoms with E-state index in [9.17, 15) is 18.0 Å². The summed E-state index contributed by atoms with van der Waals surface area (Å²) in [6.45, 7) is 2.31. The molecule has 28 heavy (non-hydrogen) atoms. The maximum Gasteiger partial charge on any atom is 0.241 e. The number of carbonyl (C=O) groups is 2. The first kappa shape index (κ1) is 20.0. The summed E-state index contributed by atoms with van der Waals surface area (Å²) in [5.74, 6) is -0.413. The van der Waals surface area contributed by atoms with Crippen molar-refractivity contribution in [1.82, 2.24) is 4.72 Å². The van der Waals surface area contributed by atoms with Crippen LogP contribution in [-0.2, 0) is 26.0 Å². The number of aryl methyl sites for hydroxylation is 1. The van der Waals surface area contributed by atoms with Crippen molar-refractivity contribution in [2.45, 2.75) is 31.1 Å². The van der Waals surface area contributed by atoms with Crippen LogP contribution in [0.5, 0.6) is 0 Å². The zero-order valence-corrected chi connectivity index (χ0v) is 16.5. The first-order valence-corrected chi connectivity index (χ1v) is 10.7. The second-order valence-corrected chi connectivity index (χ2v) is 8.33. The quantitative estimate of drug-likeness (QED) is 0.744. The molecule has 1 fully saturated rings. The minimum atomic E-state index is -3.83. The van der Waals surface area contributed by atoms with Crippen LogP contribution in [0.2, 0.25) is 0 Å².